The summed E-state index contributed by atoms with van der Waals surface area (Å²) in [7, 11) is 1.64. The van der Waals surface area contributed by atoms with Crippen molar-refractivity contribution in [2.24, 2.45) is 0 Å². The molecule has 1 aromatic carbocycles. The van der Waals surface area contributed by atoms with Gasteiger partial charge in [0.25, 0.3) is 5.91 Å². The molecule has 146 valence electrons. The molecule has 0 aliphatic heterocycles. The number of rotatable bonds is 9. The Kier molecular flexibility index (Phi) is 8.47. The van der Waals surface area contributed by atoms with Gasteiger partial charge in [-0.05, 0) is 52.3 Å². The first kappa shape index (κ1) is 21.6. The van der Waals surface area contributed by atoms with Crippen LogP contribution in [0.4, 0.5) is 0 Å². The monoisotopic (exact) mass is 451 g/mol. The molecule has 0 saturated carbocycles. The third-order valence-corrected chi connectivity index (χ3v) is 6.01. The van der Waals surface area contributed by atoms with Crippen LogP contribution in [0, 0.1) is 0 Å². The van der Waals surface area contributed by atoms with Gasteiger partial charge in [-0.1, -0.05) is 38.1 Å². The second kappa shape index (κ2) is 10.6. The third-order valence-electron chi connectivity index (χ3n) is 4.39. The fourth-order valence-electron chi connectivity index (χ4n) is 2.73. The molecule has 0 spiro atoms. The van der Waals surface area contributed by atoms with Crippen LogP contribution in [0.1, 0.15) is 34.6 Å². The molecule has 0 saturated heterocycles. The van der Waals surface area contributed by atoms with Gasteiger partial charge < -0.3 is 10.2 Å². The zero-order valence-electron chi connectivity index (χ0n) is 16.0. The number of likely N-dealkylation sites (N-methyl/N-ethyl adjacent to an activating group) is 1. The van der Waals surface area contributed by atoms with Crippen LogP contribution in [-0.2, 0) is 17.9 Å². The number of thiophene rings is 1. The lowest BCUT2D eigenvalue weighted by molar-refractivity contribution is -0.121. The van der Waals surface area contributed by atoms with Gasteiger partial charge in [0.1, 0.15) is 0 Å². The average molecular weight is 452 g/mol. The lowest BCUT2D eigenvalue weighted by atomic mass is 10.1. The van der Waals surface area contributed by atoms with Crippen LogP contribution in [0.2, 0.25) is 0 Å². The number of carbonyl (C=O) groups is 2. The van der Waals surface area contributed by atoms with Gasteiger partial charge >= 0.3 is 0 Å². The Morgan fingerprint density at radius 3 is 2.33 bits per heavy atom. The molecular formula is C20H26BrN3O2S. The van der Waals surface area contributed by atoms with Crippen LogP contribution in [0.3, 0.4) is 0 Å². The molecule has 5 nitrogen and oxygen atoms in total. The van der Waals surface area contributed by atoms with Crippen molar-refractivity contribution in [3.05, 3.63) is 56.2 Å². The van der Waals surface area contributed by atoms with E-state index in [2.05, 4.69) is 46.1 Å². The van der Waals surface area contributed by atoms with E-state index in [9.17, 15) is 9.59 Å². The van der Waals surface area contributed by atoms with E-state index in [1.54, 1.807) is 13.1 Å². The van der Waals surface area contributed by atoms with Crippen molar-refractivity contribution in [2.45, 2.75) is 26.9 Å². The van der Waals surface area contributed by atoms with E-state index in [0.717, 1.165) is 29.0 Å². The van der Waals surface area contributed by atoms with E-state index in [4.69, 9.17) is 0 Å². The van der Waals surface area contributed by atoms with E-state index in [1.165, 1.54) is 21.8 Å². The summed E-state index contributed by atoms with van der Waals surface area (Å²) in [5.74, 6) is -0.318. The van der Waals surface area contributed by atoms with Gasteiger partial charge in [-0.2, -0.15) is 0 Å². The molecule has 1 heterocycles. The first-order valence-electron chi connectivity index (χ1n) is 9.01. The largest absolute Gasteiger partial charge is 0.350 e. The molecule has 1 N–H and O–H groups in total. The normalized spacial score (nSPS) is 10.9. The zero-order chi connectivity index (χ0) is 19.8. The van der Waals surface area contributed by atoms with Gasteiger partial charge in [0.2, 0.25) is 5.91 Å². The van der Waals surface area contributed by atoms with Crippen LogP contribution < -0.4 is 5.32 Å². The van der Waals surface area contributed by atoms with Gasteiger partial charge in [-0.25, -0.2) is 0 Å². The van der Waals surface area contributed by atoms with Gasteiger partial charge in [0, 0.05) is 20.1 Å². The van der Waals surface area contributed by atoms with E-state index in [0.29, 0.717) is 11.4 Å². The maximum absolute atomic E-state index is 12.3. The first-order chi connectivity index (χ1) is 12.9. The topological polar surface area (TPSA) is 52.7 Å². The second-order valence-corrected chi connectivity index (χ2v) is 8.73. The summed E-state index contributed by atoms with van der Waals surface area (Å²) in [5, 5.41) is 2.93. The SMILES string of the molecule is CCN(CC)Cc1ccccc1CNC(=O)CN(C)C(=O)c1ccc(Br)s1. The predicted molar refractivity (Wildman–Crippen MR) is 114 cm³/mol. The highest BCUT2D eigenvalue weighted by Crippen LogP contribution is 2.23. The summed E-state index contributed by atoms with van der Waals surface area (Å²) in [6, 6.07) is 11.7. The van der Waals surface area contributed by atoms with Crippen LogP contribution in [-0.4, -0.2) is 48.3 Å². The molecule has 0 fully saturated rings. The van der Waals surface area contributed by atoms with Gasteiger partial charge in [0.15, 0.2) is 0 Å². The van der Waals surface area contributed by atoms with Crippen LogP contribution in [0.25, 0.3) is 0 Å². The Morgan fingerprint density at radius 2 is 1.74 bits per heavy atom. The standard InChI is InChI=1S/C20H26BrN3O2S/c1-4-24(5-2)13-16-9-7-6-8-15(16)12-22-19(25)14-23(3)20(26)17-10-11-18(21)27-17/h6-11H,4-5,12-14H2,1-3H3,(H,22,25). The van der Waals surface area contributed by atoms with E-state index in [-0.39, 0.29) is 18.4 Å². The fraction of sp³-hybridized carbons (Fsp3) is 0.400. The molecule has 2 aromatic rings. The molecule has 0 radical (unpaired) electrons. The molecule has 2 amide bonds. The predicted octanol–water partition coefficient (Wildman–Crippen LogP) is 3.74. The Morgan fingerprint density at radius 1 is 1.07 bits per heavy atom. The number of nitrogens with one attached hydrogen (secondary N) is 1. The highest BCUT2D eigenvalue weighted by molar-refractivity contribution is 9.11. The van der Waals surface area contributed by atoms with Gasteiger partial charge in [0.05, 0.1) is 15.2 Å². The molecule has 27 heavy (non-hydrogen) atoms. The van der Waals surface area contributed by atoms with Crippen molar-refractivity contribution >= 4 is 39.1 Å². The van der Waals surface area contributed by atoms with Crippen molar-refractivity contribution in [3.8, 4) is 0 Å². The summed E-state index contributed by atoms with van der Waals surface area (Å²) < 4.78 is 0.897. The summed E-state index contributed by atoms with van der Waals surface area (Å²) in [4.78, 5) is 29.0. The van der Waals surface area contributed by atoms with Crippen molar-refractivity contribution in [2.75, 3.05) is 26.7 Å². The third kappa shape index (κ3) is 6.45. The average Bonchev–Trinajstić information content (AvgIpc) is 3.10. The molecule has 2 rings (SSSR count). The lowest BCUT2D eigenvalue weighted by Gasteiger charge is -2.20. The Balaban J connectivity index is 1.91. The summed E-state index contributed by atoms with van der Waals surface area (Å²) in [6.07, 6.45) is 0. The Hall–Kier alpha value is -1.70. The highest BCUT2D eigenvalue weighted by Gasteiger charge is 2.17. The number of nitrogens with zero attached hydrogens (tertiary/aromatic N) is 2. The maximum atomic E-state index is 12.3. The smallest absolute Gasteiger partial charge is 0.264 e. The summed E-state index contributed by atoms with van der Waals surface area (Å²) in [5.41, 5.74) is 2.32. The van der Waals surface area contributed by atoms with Crippen molar-refractivity contribution in [1.82, 2.24) is 15.1 Å². The number of benzene rings is 1. The van der Waals surface area contributed by atoms with Gasteiger partial charge in [-0.15, -0.1) is 11.3 Å². The molecule has 7 heteroatoms. The van der Waals surface area contributed by atoms with E-state index in [1.807, 2.05) is 24.3 Å². The molecule has 0 atom stereocenters. The van der Waals surface area contributed by atoms with Crippen LogP contribution in [0.15, 0.2) is 40.2 Å². The minimum absolute atomic E-state index is 0.0343. The van der Waals surface area contributed by atoms with E-state index < -0.39 is 0 Å². The molecular weight excluding hydrogens is 426 g/mol. The highest BCUT2D eigenvalue weighted by atomic mass is 79.9. The number of amides is 2. The zero-order valence-corrected chi connectivity index (χ0v) is 18.4. The number of halogens is 1. The van der Waals surface area contributed by atoms with Crippen LogP contribution >= 0.6 is 27.3 Å². The van der Waals surface area contributed by atoms with Gasteiger partial charge in [-0.3, -0.25) is 14.5 Å². The molecule has 1 aromatic heterocycles. The number of carbonyl (C=O) groups excluding carboxylic acids is 2. The Labute approximate surface area is 173 Å². The quantitative estimate of drug-likeness (QED) is 0.631. The second-order valence-electron chi connectivity index (χ2n) is 6.27. The van der Waals surface area contributed by atoms with Crippen molar-refractivity contribution in [3.63, 3.8) is 0 Å². The molecule has 0 bridgehead atoms. The maximum Gasteiger partial charge on any atom is 0.264 e. The summed E-state index contributed by atoms with van der Waals surface area (Å²) in [6.45, 7) is 7.63. The molecule has 0 unspecified atom stereocenters. The van der Waals surface area contributed by atoms with Crippen molar-refractivity contribution in [1.29, 1.82) is 0 Å². The van der Waals surface area contributed by atoms with Crippen LogP contribution in [0.5, 0.6) is 0 Å². The minimum atomic E-state index is -0.167. The number of hydrogen-bond donors (Lipinski definition) is 1. The number of hydrogen-bond acceptors (Lipinski definition) is 4. The molecule has 0 aliphatic carbocycles. The first-order valence-corrected chi connectivity index (χ1v) is 10.6. The Bertz CT molecular complexity index is 774. The summed E-state index contributed by atoms with van der Waals surface area (Å²) >= 11 is 4.71. The fourth-order valence-corrected chi connectivity index (χ4v) is 4.11. The van der Waals surface area contributed by atoms with E-state index >= 15 is 0 Å². The minimum Gasteiger partial charge on any atom is -0.350 e. The van der Waals surface area contributed by atoms with Crippen molar-refractivity contribution < 1.29 is 9.59 Å². The molecule has 0 aliphatic rings. The lowest BCUT2D eigenvalue weighted by Crippen LogP contribution is -2.38.